The lowest BCUT2D eigenvalue weighted by Gasteiger charge is -2.29. The SMILES string of the molecule is COCCN(CC(=O)N1N=C(c2cccn2C)C[C@@H]1c1ccc(OC)cc1)C(=O)CC(C)(C)C. The van der Waals surface area contributed by atoms with Crippen molar-refractivity contribution in [3.8, 4) is 5.75 Å². The van der Waals surface area contributed by atoms with E-state index in [1.54, 1.807) is 19.1 Å². The number of aryl methyl sites for hydroxylation is 1. The van der Waals surface area contributed by atoms with Crippen molar-refractivity contribution in [3.05, 3.63) is 53.9 Å². The van der Waals surface area contributed by atoms with Crippen molar-refractivity contribution >= 4 is 17.5 Å². The third-order valence-electron chi connectivity index (χ3n) is 5.83. The van der Waals surface area contributed by atoms with Crippen molar-refractivity contribution in [2.45, 2.75) is 39.7 Å². The minimum atomic E-state index is -0.259. The Morgan fingerprint density at radius 2 is 1.85 bits per heavy atom. The highest BCUT2D eigenvalue weighted by Gasteiger charge is 2.35. The van der Waals surface area contributed by atoms with Gasteiger partial charge in [0, 0.05) is 39.7 Å². The summed E-state index contributed by atoms with van der Waals surface area (Å²) in [5, 5.41) is 6.27. The van der Waals surface area contributed by atoms with Crippen LogP contribution in [0, 0.1) is 5.41 Å². The van der Waals surface area contributed by atoms with E-state index >= 15 is 0 Å². The van der Waals surface area contributed by atoms with Crippen LogP contribution < -0.4 is 4.74 Å². The number of hydrogen-bond donors (Lipinski definition) is 0. The number of nitrogens with zero attached hydrogens (tertiary/aromatic N) is 4. The van der Waals surface area contributed by atoms with E-state index in [9.17, 15) is 9.59 Å². The summed E-state index contributed by atoms with van der Waals surface area (Å²) in [6.07, 6.45) is 2.90. The highest BCUT2D eigenvalue weighted by molar-refractivity contribution is 6.02. The normalized spacial score (nSPS) is 15.9. The molecule has 8 heteroatoms. The van der Waals surface area contributed by atoms with Crippen LogP contribution in [0.15, 0.2) is 47.7 Å². The molecule has 34 heavy (non-hydrogen) atoms. The minimum Gasteiger partial charge on any atom is -0.497 e. The number of aromatic nitrogens is 1. The molecule has 1 aromatic heterocycles. The maximum atomic E-state index is 13.5. The molecule has 0 spiro atoms. The van der Waals surface area contributed by atoms with Crippen molar-refractivity contribution < 1.29 is 19.1 Å². The minimum absolute atomic E-state index is 0.0468. The number of carbonyl (C=O) groups is 2. The Balaban J connectivity index is 1.88. The largest absolute Gasteiger partial charge is 0.497 e. The topological polar surface area (TPSA) is 76.4 Å². The van der Waals surface area contributed by atoms with Gasteiger partial charge in [0.15, 0.2) is 0 Å². The fourth-order valence-electron chi connectivity index (χ4n) is 4.04. The van der Waals surface area contributed by atoms with Crippen LogP contribution in [0.25, 0.3) is 0 Å². The van der Waals surface area contributed by atoms with Crippen LogP contribution in [0.4, 0.5) is 0 Å². The summed E-state index contributed by atoms with van der Waals surface area (Å²) in [5.41, 5.74) is 2.59. The summed E-state index contributed by atoms with van der Waals surface area (Å²) in [7, 11) is 5.17. The number of carbonyl (C=O) groups excluding carboxylic acids is 2. The van der Waals surface area contributed by atoms with Gasteiger partial charge >= 0.3 is 0 Å². The van der Waals surface area contributed by atoms with Gasteiger partial charge in [-0.25, -0.2) is 5.01 Å². The second-order valence-corrected chi connectivity index (χ2v) is 9.83. The zero-order chi connectivity index (χ0) is 24.9. The lowest BCUT2D eigenvalue weighted by molar-refractivity contribution is -0.143. The fourth-order valence-corrected chi connectivity index (χ4v) is 4.04. The van der Waals surface area contributed by atoms with Crippen molar-refractivity contribution in [3.63, 3.8) is 0 Å². The molecule has 0 saturated carbocycles. The highest BCUT2D eigenvalue weighted by Crippen LogP contribution is 2.34. The molecule has 0 saturated heterocycles. The molecule has 0 bridgehead atoms. The summed E-state index contributed by atoms with van der Waals surface area (Å²) in [6, 6.07) is 11.4. The van der Waals surface area contributed by atoms with Gasteiger partial charge in [-0.15, -0.1) is 0 Å². The number of rotatable bonds is 9. The predicted molar refractivity (Wildman–Crippen MR) is 132 cm³/mol. The maximum absolute atomic E-state index is 13.5. The molecular weight excluding hydrogens is 432 g/mol. The zero-order valence-electron chi connectivity index (χ0n) is 21.1. The summed E-state index contributed by atoms with van der Waals surface area (Å²) < 4.78 is 12.5. The molecule has 0 unspecified atom stereocenters. The molecule has 8 nitrogen and oxygen atoms in total. The Kier molecular flexibility index (Phi) is 8.15. The molecule has 0 aliphatic carbocycles. The standard InChI is InChI=1S/C26H36N4O4/c1-26(2,3)17-24(31)29(14-15-33-5)18-25(32)30-23(19-9-11-20(34-6)12-10-19)16-21(27-30)22-8-7-13-28(22)4/h7-13,23H,14-18H2,1-6H3/t23-/m1/s1. The first-order valence-corrected chi connectivity index (χ1v) is 11.5. The van der Waals surface area contributed by atoms with Gasteiger partial charge in [-0.2, -0.15) is 5.10 Å². The Bertz CT molecular complexity index is 1020. The van der Waals surface area contributed by atoms with Crippen LogP contribution >= 0.6 is 0 Å². The Labute approximate surface area is 202 Å². The van der Waals surface area contributed by atoms with E-state index in [1.807, 2.05) is 75.0 Å². The Hall–Kier alpha value is -3.13. The van der Waals surface area contributed by atoms with Crippen molar-refractivity contribution in [2.75, 3.05) is 33.9 Å². The molecule has 0 N–H and O–H groups in total. The first kappa shape index (κ1) is 25.5. The number of methoxy groups -OCH3 is 2. The van der Waals surface area contributed by atoms with Crippen LogP contribution in [0.5, 0.6) is 5.75 Å². The number of benzene rings is 1. The molecule has 2 amide bonds. The second-order valence-electron chi connectivity index (χ2n) is 9.83. The molecule has 1 atom stereocenters. The second kappa shape index (κ2) is 10.9. The molecular formula is C26H36N4O4. The zero-order valence-corrected chi connectivity index (χ0v) is 21.1. The van der Waals surface area contributed by atoms with E-state index in [0.29, 0.717) is 26.0 Å². The van der Waals surface area contributed by atoms with Crippen molar-refractivity contribution in [1.29, 1.82) is 0 Å². The smallest absolute Gasteiger partial charge is 0.262 e. The number of amides is 2. The molecule has 0 fully saturated rings. The first-order chi connectivity index (χ1) is 16.1. The summed E-state index contributed by atoms with van der Waals surface area (Å²) in [6.45, 7) is 6.71. The van der Waals surface area contributed by atoms with Crippen LogP contribution in [-0.2, 0) is 21.4 Å². The van der Waals surface area contributed by atoms with Crippen molar-refractivity contribution in [1.82, 2.24) is 14.5 Å². The molecule has 184 valence electrons. The van der Waals surface area contributed by atoms with Crippen molar-refractivity contribution in [2.24, 2.45) is 17.6 Å². The van der Waals surface area contributed by atoms with E-state index in [2.05, 4.69) is 0 Å². The summed E-state index contributed by atoms with van der Waals surface area (Å²) in [5.74, 6) is 0.467. The van der Waals surface area contributed by atoms with E-state index in [0.717, 1.165) is 22.7 Å². The van der Waals surface area contributed by atoms with Crippen LogP contribution in [-0.4, -0.2) is 65.9 Å². The number of ether oxygens (including phenoxy) is 2. The van der Waals surface area contributed by atoms with E-state index < -0.39 is 0 Å². The van der Waals surface area contributed by atoms with Crippen LogP contribution in [0.3, 0.4) is 0 Å². The van der Waals surface area contributed by atoms with Gasteiger partial charge in [-0.1, -0.05) is 32.9 Å². The van der Waals surface area contributed by atoms with Gasteiger partial charge in [0.25, 0.3) is 5.91 Å². The average molecular weight is 469 g/mol. The average Bonchev–Trinajstić information content (AvgIpc) is 3.41. The lowest BCUT2D eigenvalue weighted by Crippen LogP contribution is -2.43. The third kappa shape index (κ3) is 6.26. The van der Waals surface area contributed by atoms with Crippen LogP contribution in [0.2, 0.25) is 0 Å². The van der Waals surface area contributed by atoms with Gasteiger partial charge in [0.1, 0.15) is 12.3 Å². The maximum Gasteiger partial charge on any atom is 0.262 e. The third-order valence-corrected chi connectivity index (χ3v) is 5.83. The van der Waals surface area contributed by atoms with Gasteiger partial charge in [0.05, 0.1) is 31.2 Å². The van der Waals surface area contributed by atoms with Gasteiger partial charge < -0.3 is 18.9 Å². The molecule has 0 radical (unpaired) electrons. The van der Waals surface area contributed by atoms with Gasteiger partial charge in [-0.05, 0) is 35.2 Å². The summed E-state index contributed by atoms with van der Waals surface area (Å²) in [4.78, 5) is 28.1. The predicted octanol–water partition coefficient (Wildman–Crippen LogP) is 3.62. The molecule has 3 rings (SSSR count). The van der Waals surface area contributed by atoms with Gasteiger partial charge in [0.2, 0.25) is 5.91 Å². The molecule has 2 aromatic rings. The number of hydrogen-bond acceptors (Lipinski definition) is 5. The molecule has 1 aliphatic heterocycles. The monoisotopic (exact) mass is 468 g/mol. The summed E-state index contributed by atoms with van der Waals surface area (Å²) >= 11 is 0. The van der Waals surface area contributed by atoms with E-state index in [4.69, 9.17) is 14.6 Å². The Morgan fingerprint density at radius 1 is 1.15 bits per heavy atom. The molecule has 2 heterocycles. The van der Waals surface area contributed by atoms with E-state index in [1.165, 1.54) is 5.01 Å². The molecule has 1 aromatic carbocycles. The number of hydrazone groups is 1. The van der Waals surface area contributed by atoms with Crippen LogP contribution in [0.1, 0.15) is 50.9 Å². The quantitative estimate of drug-likeness (QED) is 0.563. The van der Waals surface area contributed by atoms with Gasteiger partial charge in [-0.3, -0.25) is 9.59 Å². The molecule has 1 aliphatic rings. The fraction of sp³-hybridized carbons (Fsp3) is 0.500. The van der Waals surface area contributed by atoms with E-state index in [-0.39, 0.29) is 29.8 Å². The lowest BCUT2D eigenvalue weighted by atomic mass is 9.91. The highest BCUT2D eigenvalue weighted by atomic mass is 16.5. The first-order valence-electron chi connectivity index (χ1n) is 11.5. The Morgan fingerprint density at radius 3 is 2.41 bits per heavy atom.